The summed E-state index contributed by atoms with van der Waals surface area (Å²) in [6.45, 7) is 5.46. The largest absolute Gasteiger partial charge is 0.468 e. The molecule has 0 radical (unpaired) electrons. The zero-order valence-corrected chi connectivity index (χ0v) is 18.3. The van der Waals surface area contributed by atoms with Gasteiger partial charge >= 0.3 is 12.1 Å². The number of methoxy groups -OCH3 is 1. The molecule has 0 heterocycles. The third-order valence-electron chi connectivity index (χ3n) is 5.02. The number of hydrogen-bond acceptors (Lipinski definition) is 4. The van der Waals surface area contributed by atoms with Gasteiger partial charge in [0.1, 0.15) is 5.60 Å². The molecule has 0 saturated heterocycles. The molecule has 3 rings (SSSR count). The molecule has 1 saturated carbocycles. The van der Waals surface area contributed by atoms with Gasteiger partial charge in [-0.25, -0.2) is 4.79 Å². The second kappa shape index (κ2) is 8.52. The minimum atomic E-state index is -0.772. The monoisotopic (exact) mass is 427 g/mol. The van der Waals surface area contributed by atoms with Crippen LogP contribution in [0.25, 0.3) is 0 Å². The minimum absolute atomic E-state index is 0.111. The lowest BCUT2D eigenvalue weighted by molar-refractivity contribution is -0.144. The van der Waals surface area contributed by atoms with E-state index in [-0.39, 0.29) is 11.9 Å². The van der Waals surface area contributed by atoms with Crippen molar-refractivity contribution in [1.29, 1.82) is 0 Å². The molecule has 30 heavy (non-hydrogen) atoms. The van der Waals surface area contributed by atoms with Crippen LogP contribution in [0.4, 0.5) is 10.5 Å². The number of allylic oxidation sites excluding steroid dienone is 1. The molecule has 2 atom stereocenters. The maximum Gasteiger partial charge on any atom is 0.418 e. The predicted molar refractivity (Wildman–Crippen MR) is 118 cm³/mol. The second-order valence-electron chi connectivity index (χ2n) is 8.31. The molecular formula is C24H26ClNO4. The van der Waals surface area contributed by atoms with Crippen molar-refractivity contribution in [3.05, 3.63) is 77.5 Å². The Hall–Kier alpha value is -2.79. The van der Waals surface area contributed by atoms with Gasteiger partial charge in [0.05, 0.1) is 18.2 Å². The van der Waals surface area contributed by atoms with Gasteiger partial charge in [-0.05, 0) is 57.0 Å². The van der Waals surface area contributed by atoms with E-state index in [1.165, 1.54) is 12.0 Å². The van der Waals surface area contributed by atoms with Crippen LogP contribution in [0, 0.1) is 5.92 Å². The number of rotatable bonds is 5. The SMILES string of the molecule is COC(=O)[C@@]1(c2ccc(Cl)cc2)C[C@@H]1/C=C/N(C(=O)OC(C)(C)C)c1ccccc1. The Balaban J connectivity index is 1.89. The number of carbonyl (C=O) groups is 2. The lowest BCUT2D eigenvalue weighted by Gasteiger charge is -2.25. The van der Waals surface area contributed by atoms with Gasteiger partial charge in [-0.3, -0.25) is 9.69 Å². The quantitative estimate of drug-likeness (QED) is 0.572. The number of carbonyl (C=O) groups excluding carboxylic acids is 2. The normalized spacial score (nSPS) is 20.6. The summed E-state index contributed by atoms with van der Waals surface area (Å²) in [5.74, 6) is -0.414. The first kappa shape index (κ1) is 21.9. The molecule has 1 aliphatic carbocycles. The highest BCUT2D eigenvalue weighted by Gasteiger charge is 2.61. The zero-order chi connectivity index (χ0) is 21.9. The highest BCUT2D eigenvalue weighted by molar-refractivity contribution is 6.30. The molecule has 0 unspecified atom stereocenters. The maximum absolute atomic E-state index is 12.8. The van der Waals surface area contributed by atoms with E-state index in [4.69, 9.17) is 21.1 Å². The van der Waals surface area contributed by atoms with Crippen LogP contribution in [0.3, 0.4) is 0 Å². The number of esters is 1. The summed E-state index contributed by atoms with van der Waals surface area (Å²) in [5.41, 5.74) is 0.124. The molecule has 0 N–H and O–H groups in total. The van der Waals surface area contributed by atoms with E-state index >= 15 is 0 Å². The van der Waals surface area contributed by atoms with Gasteiger partial charge < -0.3 is 9.47 Å². The van der Waals surface area contributed by atoms with Crippen LogP contribution in [-0.2, 0) is 19.7 Å². The summed E-state index contributed by atoms with van der Waals surface area (Å²) in [5, 5.41) is 0.603. The molecule has 2 aromatic rings. The lowest BCUT2D eigenvalue weighted by Crippen LogP contribution is -2.33. The molecular weight excluding hydrogens is 402 g/mol. The average Bonchev–Trinajstić information content (AvgIpc) is 3.43. The fraction of sp³-hybridized carbons (Fsp3) is 0.333. The van der Waals surface area contributed by atoms with Crippen LogP contribution in [0.5, 0.6) is 0 Å². The number of amides is 1. The molecule has 1 aliphatic rings. The van der Waals surface area contributed by atoms with Gasteiger partial charge in [0.25, 0.3) is 0 Å². The number of ether oxygens (including phenoxy) is 2. The van der Waals surface area contributed by atoms with Gasteiger partial charge in [0, 0.05) is 17.1 Å². The van der Waals surface area contributed by atoms with Crippen molar-refractivity contribution in [3.8, 4) is 0 Å². The zero-order valence-electron chi connectivity index (χ0n) is 17.6. The van der Waals surface area contributed by atoms with Crippen molar-refractivity contribution in [2.24, 2.45) is 5.92 Å². The minimum Gasteiger partial charge on any atom is -0.468 e. The Bertz CT molecular complexity index is 934. The van der Waals surface area contributed by atoms with E-state index in [2.05, 4.69) is 0 Å². The topological polar surface area (TPSA) is 55.8 Å². The van der Waals surface area contributed by atoms with E-state index in [1.807, 2.05) is 69.3 Å². The van der Waals surface area contributed by atoms with Crippen LogP contribution in [0.15, 0.2) is 66.9 Å². The first-order valence-corrected chi connectivity index (χ1v) is 10.2. The maximum atomic E-state index is 12.8. The third kappa shape index (κ3) is 4.68. The lowest BCUT2D eigenvalue weighted by atomic mass is 9.93. The molecule has 6 heteroatoms. The first-order valence-electron chi connectivity index (χ1n) is 9.77. The van der Waals surface area contributed by atoms with Crippen LogP contribution in [-0.4, -0.2) is 24.8 Å². The Labute approximate surface area is 182 Å². The standard InChI is InChI=1S/C24H26ClNO4/c1-23(2,3)30-22(28)26(20-8-6-5-7-9-20)15-14-18-16-24(18,21(27)29-4)17-10-12-19(25)13-11-17/h5-15,18H,16H2,1-4H3/b15-14+/t18-,24+/m0/s1. The van der Waals surface area contributed by atoms with Crippen molar-refractivity contribution in [3.63, 3.8) is 0 Å². The number of hydrogen-bond donors (Lipinski definition) is 0. The van der Waals surface area contributed by atoms with Crippen LogP contribution < -0.4 is 4.90 Å². The van der Waals surface area contributed by atoms with Gasteiger partial charge in [-0.2, -0.15) is 0 Å². The summed E-state index contributed by atoms with van der Waals surface area (Å²) in [7, 11) is 1.38. The van der Waals surface area contributed by atoms with Crippen LogP contribution in [0.1, 0.15) is 32.8 Å². The Morgan fingerprint density at radius 1 is 1.10 bits per heavy atom. The number of halogens is 1. The van der Waals surface area contributed by atoms with E-state index in [0.717, 1.165) is 5.56 Å². The summed E-state index contributed by atoms with van der Waals surface area (Å²) >= 11 is 6.00. The van der Waals surface area contributed by atoms with E-state index in [1.54, 1.807) is 18.3 Å². The Morgan fingerprint density at radius 2 is 1.73 bits per heavy atom. The summed E-state index contributed by atoms with van der Waals surface area (Å²) in [6.07, 6.45) is 3.65. The van der Waals surface area contributed by atoms with Crippen molar-refractivity contribution in [2.75, 3.05) is 12.0 Å². The molecule has 0 aromatic heterocycles. The van der Waals surface area contributed by atoms with Crippen LogP contribution in [0.2, 0.25) is 5.02 Å². The second-order valence-corrected chi connectivity index (χ2v) is 8.74. The third-order valence-corrected chi connectivity index (χ3v) is 5.27. The summed E-state index contributed by atoms with van der Waals surface area (Å²) < 4.78 is 10.6. The van der Waals surface area contributed by atoms with Crippen molar-refractivity contribution in [2.45, 2.75) is 38.2 Å². The van der Waals surface area contributed by atoms with Gasteiger partial charge in [0.15, 0.2) is 0 Å². The van der Waals surface area contributed by atoms with Gasteiger partial charge in [-0.1, -0.05) is 48.0 Å². The number of benzene rings is 2. The average molecular weight is 428 g/mol. The van der Waals surface area contributed by atoms with Gasteiger partial charge in [-0.15, -0.1) is 0 Å². The predicted octanol–water partition coefficient (Wildman–Crippen LogP) is 5.73. The highest BCUT2D eigenvalue weighted by Crippen LogP contribution is 2.56. The molecule has 0 bridgehead atoms. The molecule has 0 aliphatic heterocycles. The molecule has 158 valence electrons. The molecule has 5 nitrogen and oxygen atoms in total. The van der Waals surface area contributed by atoms with E-state index in [0.29, 0.717) is 17.1 Å². The Kier molecular flexibility index (Phi) is 6.22. The number of para-hydroxylation sites is 1. The molecule has 0 spiro atoms. The first-order chi connectivity index (χ1) is 14.2. The van der Waals surface area contributed by atoms with Crippen molar-refractivity contribution < 1.29 is 19.1 Å². The fourth-order valence-electron chi connectivity index (χ4n) is 3.48. The highest BCUT2D eigenvalue weighted by atomic mass is 35.5. The van der Waals surface area contributed by atoms with Crippen LogP contribution >= 0.6 is 11.6 Å². The van der Waals surface area contributed by atoms with E-state index < -0.39 is 17.1 Å². The van der Waals surface area contributed by atoms with Crippen molar-refractivity contribution in [1.82, 2.24) is 0 Å². The Morgan fingerprint density at radius 3 is 2.30 bits per heavy atom. The number of nitrogens with zero attached hydrogens (tertiary/aromatic N) is 1. The van der Waals surface area contributed by atoms with Crippen molar-refractivity contribution >= 4 is 29.4 Å². The molecule has 2 aromatic carbocycles. The summed E-state index contributed by atoms with van der Waals surface area (Å²) in [6, 6.07) is 16.4. The smallest absolute Gasteiger partial charge is 0.418 e. The molecule has 1 amide bonds. The summed E-state index contributed by atoms with van der Waals surface area (Å²) in [4.78, 5) is 26.9. The molecule has 1 fully saturated rings. The fourth-order valence-corrected chi connectivity index (χ4v) is 3.60. The van der Waals surface area contributed by atoms with Gasteiger partial charge in [0.2, 0.25) is 0 Å². The number of anilines is 1. The van der Waals surface area contributed by atoms with E-state index in [9.17, 15) is 9.59 Å².